The predicted octanol–water partition coefficient (Wildman–Crippen LogP) is 4.43. The zero-order chi connectivity index (χ0) is 17.6. The van der Waals surface area contributed by atoms with Gasteiger partial charge in [0.05, 0.1) is 11.4 Å². The molecule has 2 aromatic carbocycles. The second-order valence-electron chi connectivity index (χ2n) is 5.84. The summed E-state index contributed by atoms with van der Waals surface area (Å²) in [5.41, 5.74) is 3.54. The van der Waals surface area contributed by atoms with Crippen molar-refractivity contribution in [1.82, 2.24) is 0 Å². The third-order valence-electron chi connectivity index (χ3n) is 4.14. The third-order valence-corrected chi connectivity index (χ3v) is 5.59. The number of aliphatic imine (C=N–C) groups is 1. The SMILES string of the molecule is C[C@@H]1SC2=C(N=C(c3ccccc3)c3cc(Cl)ccc3N2C)OC1=O. The lowest BCUT2D eigenvalue weighted by atomic mass is 10.0. The first-order chi connectivity index (χ1) is 12.0. The molecule has 0 N–H and O–H groups in total. The molecule has 2 aliphatic heterocycles. The van der Waals surface area contributed by atoms with E-state index in [-0.39, 0.29) is 11.2 Å². The average molecular weight is 371 g/mol. The second kappa shape index (κ2) is 6.24. The molecule has 2 aromatic rings. The summed E-state index contributed by atoms with van der Waals surface area (Å²) in [5, 5.41) is 1.18. The van der Waals surface area contributed by atoms with Crippen LogP contribution in [-0.4, -0.2) is 24.0 Å². The number of nitrogens with zero attached hydrogens (tertiary/aromatic N) is 2. The Kier molecular flexibility index (Phi) is 4.06. The molecule has 0 saturated carbocycles. The maximum absolute atomic E-state index is 12.1. The number of hydrogen-bond donors (Lipinski definition) is 0. The molecule has 0 spiro atoms. The highest BCUT2D eigenvalue weighted by atomic mass is 35.5. The number of esters is 1. The highest BCUT2D eigenvalue weighted by Gasteiger charge is 2.34. The number of ether oxygens (including phenoxy) is 1. The van der Waals surface area contributed by atoms with Crippen molar-refractivity contribution < 1.29 is 9.53 Å². The zero-order valence-electron chi connectivity index (χ0n) is 13.7. The lowest BCUT2D eigenvalue weighted by Crippen LogP contribution is -2.27. The van der Waals surface area contributed by atoms with E-state index < -0.39 is 0 Å². The van der Waals surface area contributed by atoms with Crippen molar-refractivity contribution in [1.29, 1.82) is 0 Å². The molecule has 4 nitrogen and oxygen atoms in total. The number of anilines is 1. The molecule has 0 radical (unpaired) electrons. The highest BCUT2D eigenvalue weighted by Crippen LogP contribution is 2.41. The first kappa shape index (κ1) is 16.2. The molecule has 126 valence electrons. The van der Waals surface area contributed by atoms with Crippen LogP contribution in [0.25, 0.3) is 0 Å². The Bertz CT molecular complexity index is 924. The summed E-state index contributed by atoms with van der Waals surface area (Å²) in [6.07, 6.45) is 0. The van der Waals surface area contributed by atoms with Crippen LogP contribution in [0.3, 0.4) is 0 Å². The fraction of sp³-hybridized carbons (Fsp3) is 0.158. The number of benzene rings is 2. The molecule has 0 fully saturated rings. The van der Waals surface area contributed by atoms with E-state index in [1.54, 1.807) is 0 Å². The van der Waals surface area contributed by atoms with Crippen molar-refractivity contribution in [3.8, 4) is 0 Å². The van der Waals surface area contributed by atoms with E-state index in [0.717, 1.165) is 27.6 Å². The largest absolute Gasteiger partial charge is 0.404 e. The van der Waals surface area contributed by atoms with E-state index in [0.29, 0.717) is 10.9 Å². The van der Waals surface area contributed by atoms with Crippen molar-refractivity contribution in [2.24, 2.45) is 4.99 Å². The van der Waals surface area contributed by atoms with E-state index >= 15 is 0 Å². The molecular weight excluding hydrogens is 356 g/mol. The van der Waals surface area contributed by atoms with Gasteiger partial charge in [0.2, 0.25) is 0 Å². The number of carbonyl (C=O) groups excluding carboxylic acids is 1. The van der Waals surface area contributed by atoms with Crippen LogP contribution in [0.5, 0.6) is 0 Å². The summed E-state index contributed by atoms with van der Waals surface area (Å²) in [6, 6.07) is 15.5. The van der Waals surface area contributed by atoms with E-state index in [4.69, 9.17) is 21.3 Å². The number of carbonyl (C=O) groups is 1. The first-order valence-electron chi connectivity index (χ1n) is 7.85. The van der Waals surface area contributed by atoms with Crippen molar-refractivity contribution in [3.05, 3.63) is 75.6 Å². The van der Waals surface area contributed by atoms with Gasteiger partial charge in [-0.15, -0.1) is 0 Å². The van der Waals surface area contributed by atoms with Crippen LogP contribution >= 0.6 is 23.4 Å². The Hall–Kier alpha value is -2.24. The lowest BCUT2D eigenvalue weighted by Gasteiger charge is -2.27. The fourth-order valence-electron chi connectivity index (χ4n) is 2.86. The van der Waals surface area contributed by atoms with Crippen LogP contribution in [0.4, 0.5) is 5.69 Å². The molecule has 2 aliphatic rings. The molecule has 6 heteroatoms. The molecular formula is C19H15ClN2O2S. The van der Waals surface area contributed by atoms with Crippen molar-refractivity contribution in [2.45, 2.75) is 12.2 Å². The smallest absolute Gasteiger partial charge is 0.326 e. The van der Waals surface area contributed by atoms with E-state index in [9.17, 15) is 4.79 Å². The topological polar surface area (TPSA) is 41.9 Å². The van der Waals surface area contributed by atoms with Gasteiger partial charge in [-0.3, -0.25) is 4.79 Å². The number of halogens is 1. The van der Waals surface area contributed by atoms with Gasteiger partial charge in [-0.2, -0.15) is 0 Å². The number of fused-ring (bicyclic) bond motifs is 1. The minimum Gasteiger partial charge on any atom is -0.404 e. The normalized spacial score (nSPS) is 19.6. The molecule has 0 amide bonds. The van der Waals surface area contributed by atoms with Crippen LogP contribution < -0.4 is 4.90 Å². The summed E-state index contributed by atoms with van der Waals surface area (Å²) >= 11 is 7.71. The maximum atomic E-state index is 12.1. The lowest BCUT2D eigenvalue weighted by molar-refractivity contribution is -0.138. The fourth-order valence-corrected chi connectivity index (χ4v) is 3.95. The van der Waals surface area contributed by atoms with Gasteiger partial charge in [0.25, 0.3) is 5.88 Å². The first-order valence-corrected chi connectivity index (χ1v) is 9.11. The zero-order valence-corrected chi connectivity index (χ0v) is 15.3. The van der Waals surface area contributed by atoms with Crippen LogP contribution in [0.1, 0.15) is 18.1 Å². The summed E-state index contributed by atoms with van der Waals surface area (Å²) in [4.78, 5) is 18.8. The number of rotatable bonds is 1. The molecule has 0 saturated heterocycles. The van der Waals surface area contributed by atoms with Gasteiger partial charge < -0.3 is 9.64 Å². The highest BCUT2D eigenvalue weighted by molar-refractivity contribution is 8.04. The van der Waals surface area contributed by atoms with Gasteiger partial charge in [0.1, 0.15) is 10.3 Å². The Morgan fingerprint density at radius 1 is 1.20 bits per heavy atom. The van der Waals surface area contributed by atoms with E-state index in [1.807, 2.05) is 67.4 Å². The molecule has 4 rings (SSSR count). The molecule has 1 atom stereocenters. The molecule has 0 unspecified atom stereocenters. The van der Waals surface area contributed by atoms with Gasteiger partial charge in [-0.25, -0.2) is 4.99 Å². The standard InChI is InChI=1S/C19H15ClN2O2S/c1-11-19(23)24-17-18(25-11)22(2)15-9-8-13(20)10-14(15)16(21-17)12-6-4-3-5-7-12/h3-11H,1-2H3/t11-/m0/s1. The number of hydrogen-bond acceptors (Lipinski definition) is 5. The Balaban J connectivity index is 1.98. The maximum Gasteiger partial charge on any atom is 0.326 e. The van der Waals surface area contributed by atoms with Crippen molar-refractivity contribution in [2.75, 3.05) is 11.9 Å². The van der Waals surface area contributed by atoms with Gasteiger partial charge >= 0.3 is 5.97 Å². The van der Waals surface area contributed by atoms with Gasteiger partial charge in [0.15, 0.2) is 0 Å². The van der Waals surface area contributed by atoms with Gasteiger partial charge in [0, 0.05) is 23.2 Å². The Morgan fingerprint density at radius 2 is 1.96 bits per heavy atom. The van der Waals surface area contributed by atoms with Crippen LogP contribution in [0.2, 0.25) is 5.02 Å². The minimum absolute atomic E-state index is 0.273. The Labute approximate surface area is 155 Å². The summed E-state index contributed by atoms with van der Waals surface area (Å²) in [7, 11) is 1.95. The average Bonchev–Trinajstić information content (AvgIpc) is 2.72. The van der Waals surface area contributed by atoms with Crippen molar-refractivity contribution >= 4 is 40.7 Å². The monoisotopic (exact) mass is 370 g/mol. The van der Waals surface area contributed by atoms with Gasteiger partial charge in [-0.1, -0.05) is 53.7 Å². The Morgan fingerprint density at radius 3 is 2.72 bits per heavy atom. The summed E-state index contributed by atoms with van der Waals surface area (Å²) in [6.45, 7) is 1.83. The van der Waals surface area contributed by atoms with E-state index in [2.05, 4.69) is 0 Å². The second-order valence-corrected chi connectivity index (χ2v) is 7.60. The predicted molar refractivity (Wildman–Crippen MR) is 102 cm³/mol. The van der Waals surface area contributed by atoms with Crippen LogP contribution in [-0.2, 0) is 9.53 Å². The van der Waals surface area contributed by atoms with Gasteiger partial charge in [-0.05, 0) is 25.1 Å². The third kappa shape index (κ3) is 2.83. The molecule has 0 aliphatic carbocycles. The quantitative estimate of drug-likeness (QED) is 0.696. The molecule has 0 aromatic heterocycles. The summed E-state index contributed by atoms with van der Waals surface area (Å²) < 4.78 is 5.52. The summed E-state index contributed by atoms with van der Waals surface area (Å²) in [5.74, 6) is 0.0547. The van der Waals surface area contributed by atoms with E-state index in [1.165, 1.54) is 11.8 Å². The molecule has 25 heavy (non-hydrogen) atoms. The van der Waals surface area contributed by atoms with Crippen LogP contribution in [0, 0.1) is 0 Å². The van der Waals surface area contributed by atoms with Crippen LogP contribution in [0.15, 0.2) is 64.4 Å². The minimum atomic E-state index is -0.280. The molecule has 2 heterocycles. The van der Waals surface area contributed by atoms with Crippen molar-refractivity contribution in [3.63, 3.8) is 0 Å². The molecule has 0 bridgehead atoms. The number of thioether (sulfide) groups is 1.